The Morgan fingerprint density at radius 3 is 1.60 bits per heavy atom. The Balaban J connectivity index is 0.00000210. The number of anilines is 2. The Morgan fingerprint density at radius 1 is 0.588 bits per heavy atom. The Bertz CT molecular complexity index is 2510. The lowest BCUT2D eigenvalue weighted by Gasteiger charge is -2.27. The van der Waals surface area contributed by atoms with Gasteiger partial charge in [-0.25, -0.2) is 9.98 Å². The molecule has 1 saturated carbocycles. The lowest BCUT2D eigenvalue weighted by molar-refractivity contribution is -0.478. The molecule has 12 N–H and O–H groups in total. The number of nitrogens with two attached hydrogens (primary N) is 4. The molecular formula is C56H76N10O2+2. The van der Waals surface area contributed by atoms with E-state index < -0.39 is 0 Å². The molecule has 3 aliphatic rings. The molecule has 0 atom stereocenters. The number of carbonyl (C=O) groups is 2. The standard InChI is InChI=1S/C52H62N10O2.2C2H6/c1-33-27-41(19-21-43(33)53)62-50-32-46(36(4)30-48(50)59-39-11-7-5-8-12-39)56-24-26-58-52(64)38-17-15-37(16-18-38)51(63)57-25-23-55-45-22-20-42(28-35(45)3)61-47-29-34(2)44(54)31-49(47)60-40-13-9-6-10-14-40;2*1-2/h5-14,21-22,27-32,37-38,55-56,59-60H,15-20,23-26,53-54H2,1-4H3,(H,57,63)(H,58,64);2*1-2H3/p+2. The highest BCUT2D eigenvalue weighted by Gasteiger charge is 2.29. The molecule has 0 heterocycles. The minimum Gasteiger partial charge on any atom is -0.399 e. The second-order valence-corrected chi connectivity index (χ2v) is 17.1. The van der Waals surface area contributed by atoms with Crippen LogP contribution >= 0.6 is 0 Å². The average molecular weight is 921 g/mol. The van der Waals surface area contributed by atoms with E-state index in [1.54, 1.807) is 0 Å². The van der Waals surface area contributed by atoms with E-state index in [1.807, 2.05) is 96.1 Å². The summed E-state index contributed by atoms with van der Waals surface area (Å²) in [5, 5.41) is 17.5. The normalized spacial score (nSPS) is 17.8. The van der Waals surface area contributed by atoms with Crippen molar-refractivity contribution in [1.82, 2.24) is 16.0 Å². The monoisotopic (exact) mass is 921 g/mol. The number of aliphatic imine (C=N–C) groups is 2. The Kier molecular flexibility index (Phi) is 20.4. The van der Waals surface area contributed by atoms with Gasteiger partial charge in [0.1, 0.15) is 22.7 Å². The van der Waals surface area contributed by atoms with E-state index in [1.165, 1.54) is 0 Å². The molecule has 2 amide bonds. The van der Waals surface area contributed by atoms with E-state index in [-0.39, 0.29) is 23.7 Å². The first kappa shape index (κ1) is 52.2. The number of nitrogen functional groups attached to an aromatic ring is 1. The zero-order valence-corrected chi connectivity index (χ0v) is 41.6. The van der Waals surface area contributed by atoms with Crippen LogP contribution in [0.1, 0.15) is 91.2 Å². The number of hydrogen-bond donors (Lipinski definition) is 8. The SMILES string of the molecule is CC.CC.CC1=CC(=Nc2cc(NCCNC(=O)C3CCC(C(=O)NCCNC4=CCC(=Nc5cc(C)c(N)cc5[NH2+]c5ccccc5)C=C4C)CC3)c(C)cc2[NH2+]c2ccccc2)CC=C1N. The fraction of sp³-hybridized carbons (Fsp3) is 0.357. The molecule has 0 spiro atoms. The van der Waals surface area contributed by atoms with Gasteiger partial charge >= 0.3 is 0 Å². The second kappa shape index (κ2) is 26.5. The lowest BCUT2D eigenvalue weighted by Crippen LogP contribution is -2.71. The van der Waals surface area contributed by atoms with E-state index in [4.69, 9.17) is 21.5 Å². The molecule has 0 unspecified atom stereocenters. The number of benzene rings is 4. The average Bonchev–Trinajstić information content (AvgIpc) is 3.35. The Hall–Kier alpha value is -6.76. The third kappa shape index (κ3) is 15.1. The van der Waals surface area contributed by atoms with Crippen molar-refractivity contribution >= 4 is 68.7 Å². The number of amides is 2. The van der Waals surface area contributed by atoms with Crippen molar-refractivity contribution < 1.29 is 20.2 Å². The number of aryl methyl sites for hydroxylation is 2. The zero-order valence-electron chi connectivity index (χ0n) is 41.6. The summed E-state index contributed by atoms with van der Waals surface area (Å²) in [6.07, 6.45) is 12.5. The van der Waals surface area contributed by atoms with Crippen LogP contribution in [-0.2, 0) is 9.59 Å². The first-order valence-electron chi connectivity index (χ1n) is 24.5. The summed E-state index contributed by atoms with van der Waals surface area (Å²) in [6.45, 7) is 18.4. The number of nitrogens with one attached hydrogen (secondary N) is 4. The van der Waals surface area contributed by atoms with Crippen molar-refractivity contribution in [2.24, 2.45) is 27.6 Å². The third-order valence-electron chi connectivity index (χ3n) is 12.2. The molecule has 0 saturated heterocycles. The summed E-state index contributed by atoms with van der Waals surface area (Å²) < 4.78 is 0. The quantitative estimate of drug-likeness (QED) is 0.0408. The van der Waals surface area contributed by atoms with Crippen molar-refractivity contribution in [3.63, 3.8) is 0 Å². The van der Waals surface area contributed by atoms with Gasteiger partial charge in [-0.15, -0.1) is 0 Å². The largest absolute Gasteiger partial charge is 0.399 e. The Labute approximate surface area is 405 Å². The van der Waals surface area contributed by atoms with E-state index >= 15 is 0 Å². The molecule has 7 rings (SSSR count). The van der Waals surface area contributed by atoms with Crippen LogP contribution in [0.4, 0.5) is 45.5 Å². The van der Waals surface area contributed by atoms with Gasteiger partial charge in [-0.3, -0.25) is 20.2 Å². The van der Waals surface area contributed by atoms with Crippen molar-refractivity contribution in [2.75, 3.05) is 37.2 Å². The number of nitrogens with zero attached hydrogens (tertiary/aromatic N) is 2. The van der Waals surface area contributed by atoms with Crippen molar-refractivity contribution in [3.8, 4) is 0 Å². The van der Waals surface area contributed by atoms with Gasteiger partial charge in [-0.2, -0.15) is 0 Å². The van der Waals surface area contributed by atoms with E-state index in [2.05, 4.69) is 100 Å². The summed E-state index contributed by atoms with van der Waals surface area (Å²) in [4.78, 5) is 36.4. The maximum atomic E-state index is 13.2. The van der Waals surface area contributed by atoms with Gasteiger partial charge in [-0.1, -0.05) is 76.2 Å². The molecule has 360 valence electrons. The van der Waals surface area contributed by atoms with E-state index in [0.29, 0.717) is 64.7 Å². The summed E-state index contributed by atoms with van der Waals surface area (Å²) in [5.74, 6) is -0.0455. The lowest BCUT2D eigenvalue weighted by atomic mass is 9.81. The molecule has 0 bridgehead atoms. The first-order valence-corrected chi connectivity index (χ1v) is 24.5. The number of quaternary nitrogens is 2. The van der Waals surface area contributed by atoms with Crippen LogP contribution in [0.5, 0.6) is 0 Å². The topological polar surface area (TPSA) is 192 Å². The maximum absolute atomic E-state index is 13.2. The molecule has 1 fully saturated rings. The molecule has 12 heteroatoms. The van der Waals surface area contributed by atoms with Crippen molar-refractivity contribution in [3.05, 3.63) is 143 Å². The van der Waals surface area contributed by atoms with Crippen LogP contribution in [0.25, 0.3) is 0 Å². The molecule has 12 nitrogen and oxygen atoms in total. The van der Waals surface area contributed by atoms with Gasteiger partial charge in [0.2, 0.25) is 11.8 Å². The molecule has 4 aromatic carbocycles. The van der Waals surface area contributed by atoms with Gasteiger partial charge in [0.25, 0.3) is 0 Å². The predicted molar refractivity (Wildman–Crippen MR) is 284 cm³/mol. The van der Waals surface area contributed by atoms with Gasteiger partial charge in [-0.05, 0) is 124 Å². The summed E-state index contributed by atoms with van der Waals surface area (Å²) in [5.41, 5.74) is 28.1. The van der Waals surface area contributed by atoms with Crippen LogP contribution in [0.2, 0.25) is 0 Å². The van der Waals surface area contributed by atoms with Gasteiger partial charge in [0.15, 0.2) is 11.4 Å². The zero-order chi connectivity index (χ0) is 49.0. The number of rotatable bonds is 16. The fourth-order valence-corrected chi connectivity index (χ4v) is 8.39. The van der Waals surface area contributed by atoms with Gasteiger partial charge in [0, 0.05) is 97.2 Å². The van der Waals surface area contributed by atoms with Crippen LogP contribution in [0, 0.1) is 25.7 Å². The molecule has 68 heavy (non-hydrogen) atoms. The molecule has 0 aliphatic heterocycles. The Morgan fingerprint density at radius 2 is 1.07 bits per heavy atom. The van der Waals surface area contributed by atoms with Crippen molar-refractivity contribution in [1.29, 1.82) is 0 Å². The molecule has 0 aromatic heterocycles. The maximum Gasteiger partial charge on any atom is 0.223 e. The summed E-state index contributed by atoms with van der Waals surface area (Å²) in [7, 11) is 0. The van der Waals surface area contributed by atoms with Crippen LogP contribution < -0.4 is 43.4 Å². The molecule has 0 radical (unpaired) electrons. The van der Waals surface area contributed by atoms with E-state index in [0.717, 1.165) is 90.6 Å². The van der Waals surface area contributed by atoms with Gasteiger partial charge < -0.3 is 32.7 Å². The summed E-state index contributed by atoms with van der Waals surface area (Å²) in [6, 6.07) is 28.7. The summed E-state index contributed by atoms with van der Waals surface area (Å²) >= 11 is 0. The second-order valence-electron chi connectivity index (χ2n) is 17.1. The fourth-order valence-electron chi connectivity index (χ4n) is 8.39. The molecule has 4 aromatic rings. The van der Waals surface area contributed by atoms with E-state index in [9.17, 15) is 9.59 Å². The smallest absolute Gasteiger partial charge is 0.223 e. The van der Waals surface area contributed by atoms with Gasteiger partial charge in [0.05, 0.1) is 0 Å². The molecular weight excluding hydrogens is 845 g/mol. The number of para-hydroxylation sites is 2. The highest BCUT2D eigenvalue weighted by atomic mass is 16.2. The minimum absolute atomic E-state index is 0.0557. The molecule has 3 aliphatic carbocycles. The van der Waals surface area contributed by atoms with Crippen LogP contribution in [0.3, 0.4) is 0 Å². The number of carbonyl (C=O) groups excluding carboxylic acids is 2. The first-order chi connectivity index (χ1) is 33.0. The predicted octanol–water partition coefficient (Wildman–Crippen LogP) is 9.30. The van der Waals surface area contributed by atoms with Crippen molar-refractivity contribution in [2.45, 2.75) is 93.9 Å². The highest BCUT2D eigenvalue weighted by molar-refractivity contribution is 6.01. The third-order valence-corrected chi connectivity index (χ3v) is 12.2. The highest BCUT2D eigenvalue weighted by Crippen LogP contribution is 2.33. The minimum atomic E-state index is -0.0863. The number of allylic oxidation sites excluding steroid dienone is 6. The van der Waals surface area contributed by atoms with Crippen LogP contribution in [-0.4, -0.2) is 49.4 Å². The van der Waals surface area contributed by atoms with Crippen LogP contribution in [0.15, 0.2) is 142 Å². The number of hydrogen-bond acceptors (Lipinski definition) is 8.